The Morgan fingerprint density at radius 1 is 1.36 bits per heavy atom. The molecule has 0 saturated heterocycles. The minimum atomic E-state index is -4.31. The zero-order chi connectivity index (χ0) is 10.6. The van der Waals surface area contributed by atoms with E-state index < -0.39 is 11.7 Å². The summed E-state index contributed by atoms with van der Waals surface area (Å²) in [5.41, 5.74) is -0.532. The SMILES string of the molecule is FC(F)(F)c1cccnc1CCCS. The Kier molecular flexibility index (Phi) is 3.80. The highest BCUT2D eigenvalue weighted by Crippen LogP contribution is 2.31. The average molecular weight is 221 g/mol. The zero-order valence-corrected chi connectivity index (χ0v) is 8.28. The third-order valence-electron chi connectivity index (χ3n) is 1.77. The molecule has 0 radical (unpaired) electrons. The third kappa shape index (κ3) is 2.90. The van der Waals surface area contributed by atoms with Crippen molar-refractivity contribution in [2.45, 2.75) is 19.0 Å². The molecule has 0 aliphatic rings. The van der Waals surface area contributed by atoms with Gasteiger partial charge in [-0.15, -0.1) is 0 Å². The lowest BCUT2D eigenvalue weighted by atomic mass is 10.1. The Morgan fingerprint density at radius 2 is 2.07 bits per heavy atom. The van der Waals surface area contributed by atoms with Gasteiger partial charge in [0.25, 0.3) is 0 Å². The van der Waals surface area contributed by atoms with Crippen molar-refractivity contribution in [3.05, 3.63) is 29.6 Å². The van der Waals surface area contributed by atoms with Gasteiger partial charge in [-0.1, -0.05) is 0 Å². The summed E-state index contributed by atoms with van der Waals surface area (Å²) in [7, 11) is 0. The van der Waals surface area contributed by atoms with Gasteiger partial charge in [0.15, 0.2) is 0 Å². The van der Waals surface area contributed by atoms with Crippen LogP contribution in [0.4, 0.5) is 13.2 Å². The summed E-state index contributed by atoms with van der Waals surface area (Å²) in [6, 6.07) is 2.36. The highest BCUT2D eigenvalue weighted by Gasteiger charge is 2.33. The van der Waals surface area contributed by atoms with Crippen LogP contribution in [0.25, 0.3) is 0 Å². The summed E-state index contributed by atoms with van der Waals surface area (Å²) in [5.74, 6) is 0.563. The van der Waals surface area contributed by atoms with E-state index in [0.29, 0.717) is 18.6 Å². The molecule has 78 valence electrons. The third-order valence-corrected chi connectivity index (χ3v) is 2.08. The van der Waals surface area contributed by atoms with Crippen molar-refractivity contribution >= 4 is 12.6 Å². The fraction of sp³-hybridized carbons (Fsp3) is 0.444. The molecule has 0 atom stereocenters. The lowest BCUT2D eigenvalue weighted by molar-refractivity contribution is -0.138. The first kappa shape index (κ1) is 11.4. The van der Waals surface area contributed by atoms with Gasteiger partial charge in [-0.25, -0.2) is 0 Å². The van der Waals surface area contributed by atoms with Crippen LogP contribution < -0.4 is 0 Å². The molecule has 1 heterocycles. The predicted octanol–water partition coefficient (Wildman–Crippen LogP) is 2.96. The molecule has 0 amide bonds. The molecular formula is C9H10F3NS. The lowest BCUT2D eigenvalue weighted by Crippen LogP contribution is -2.10. The molecule has 0 unspecified atom stereocenters. The van der Waals surface area contributed by atoms with Crippen molar-refractivity contribution in [2.24, 2.45) is 0 Å². The number of rotatable bonds is 3. The molecule has 0 bridgehead atoms. The van der Waals surface area contributed by atoms with Crippen LogP contribution in [-0.2, 0) is 12.6 Å². The fourth-order valence-corrected chi connectivity index (χ4v) is 1.30. The summed E-state index contributed by atoms with van der Waals surface area (Å²) in [6.07, 6.45) is -2.01. The summed E-state index contributed by atoms with van der Waals surface area (Å²) >= 11 is 3.95. The second-order valence-corrected chi connectivity index (χ2v) is 3.27. The maximum atomic E-state index is 12.4. The predicted molar refractivity (Wildman–Crippen MR) is 51.4 cm³/mol. The molecule has 14 heavy (non-hydrogen) atoms. The van der Waals surface area contributed by atoms with E-state index in [-0.39, 0.29) is 5.69 Å². The van der Waals surface area contributed by atoms with Crippen LogP contribution in [0.2, 0.25) is 0 Å². The average Bonchev–Trinajstić information content (AvgIpc) is 2.14. The van der Waals surface area contributed by atoms with E-state index in [2.05, 4.69) is 17.6 Å². The van der Waals surface area contributed by atoms with Crippen molar-refractivity contribution in [1.29, 1.82) is 0 Å². The van der Waals surface area contributed by atoms with Crippen LogP contribution in [-0.4, -0.2) is 10.7 Å². The monoisotopic (exact) mass is 221 g/mol. The first-order valence-electron chi connectivity index (χ1n) is 4.17. The Balaban J connectivity index is 2.92. The molecule has 1 aromatic rings. The van der Waals surface area contributed by atoms with Crippen LogP contribution in [0.3, 0.4) is 0 Å². The fourth-order valence-electron chi connectivity index (χ4n) is 1.14. The number of hydrogen-bond donors (Lipinski definition) is 1. The van der Waals surface area contributed by atoms with E-state index in [1.807, 2.05) is 0 Å². The summed E-state index contributed by atoms with van der Waals surface area (Å²) in [5, 5.41) is 0. The number of hydrogen-bond acceptors (Lipinski definition) is 2. The van der Waals surface area contributed by atoms with Crippen LogP contribution in [0.5, 0.6) is 0 Å². The molecule has 0 saturated carbocycles. The number of aryl methyl sites for hydroxylation is 1. The van der Waals surface area contributed by atoms with Crippen molar-refractivity contribution in [3.63, 3.8) is 0 Å². The molecule has 0 aromatic carbocycles. The van der Waals surface area contributed by atoms with Crippen LogP contribution in [0, 0.1) is 0 Å². The van der Waals surface area contributed by atoms with E-state index in [1.54, 1.807) is 0 Å². The normalized spacial score (nSPS) is 11.7. The van der Waals surface area contributed by atoms with Gasteiger partial charge >= 0.3 is 6.18 Å². The number of aromatic nitrogens is 1. The van der Waals surface area contributed by atoms with E-state index in [4.69, 9.17) is 0 Å². The zero-order valence-electron chi connectivity index (χ0n) is 7.38. The second kappa shape index (κ2) is 4.68. The highest BCUT2D eigenvalue weighted by atomic mass is 32.1. The Labute approximate surface area is 85.8 Å². The Morgan fingerprint density at radius 3 is 2.64 bits per heavy atom. The van der Waals surface area contributed by atoms with Gasteiger partial charge in [0.1, 0.15) is 0 Å². The van der Waals surface area contributed by atoms with Gasteiger partial charge in [-0.2, -0.15) is 25.8 Å². The number of alkyl halides is 3. The number of pyridine rings is 1. The molecule has 1 nitrogen and oxygen atoms in total. The number of halogens is 3. The van der Waals surface area contributed by atoms with Gasteiger partial charge in [0, 0.05) is 6.20 Å². The van der Waals surface area contributed by atoms with Crippen LogP contribution in [0.15, 0.2) is 18.3 Å². The van der Waals surface area contributed by atoms with Crippen molar-refractivity contribution < 1.29 is 13.2 Å². The molecule has 0 aliphatic heterocycles. The second-order valence-electron chi connectivity index (χ2n) is 2.82. The van der Waals surface area contributed by atoms with Gasteiger partial charge in [0.05, 0.1) is 11.3 Å². The van der Waals surface area contributed by atoms with Gasteiger partial charge < -0.3 is 0 Å². The lowest BCUT2D eigenvalue weighted by Gasteiger charge is -2.10. The van der Waals surface area contributed by atoms with Gasteiger partial charge in [-0.05, 0) is 30.7 Å². The number of nitrogens with zero attached hydrogens (tertiary/aromatic N) is 1. The maximum absolute atomic E-state index is 12.4. The standard InChI is InChI=1S/C9H10F3NS/c10-9(11,12)7-3-1-5-13-8(7)4-2-6-14/h1,3,5,14H,2,4,6H2. The quantitative estimate of drug-likeness (QED) is 0.774. The minimum absolute atomic E-state index is 0.106. The Hall–Kier alpha value is -0.710. The molecule has 1 rings (SSSR count). The molecule has 0 N–H and O–H groups in total. The van der Waals surface area contributed by atoms with Crippen LogP contribution in [0.1, 0.15) is 17.7 Å². The van der Waals surface area contributed by atoms with E-state index >= 15 is 0 Å². The molecular weight excluding hydrogens is 211 g/mol. The van der Waals surface area contributed by atoms with Crippen LogP contribution >= 0.6 is 12.6 Å². The highest BCUT2D eigenvalue weighted by molar-refractivity contribution is 7.80. The molecule has 0 fully saturated rings. The van der Waals surface area contributed by atoms with Crippen molar-refractivity contribution in [3.8, 4) is 0 Å². The maximum Gasteiger partial charge on any atom is 0.418 e. The topological polar surface area (TPSA) is 12.9 Å². The van der Waals surface area contributed by atoms with E-state index in [0.717, 1.165) is 6.07 Å². The molecule has 1 aromatic heterocycles. The smallest absolute Gasteiger partial charge is 0.261 e. The largest absolute Gasteiger partial charge is 0.418 e. The van der Waals surface area contributed by atoms with Gasteiger partial charge in [0.2, 0.25) is 0 Å². The summed E-state index contributed by atoms with van der Waals surface area (Å²) in [4.78, 5) is 3.73. The minimum Gasteiger partial charge on any atom is -0.261 e. The van der Waals surface area contributed by atoms with Crippen molar-refractivity contribution in [2.75, 3.05) is 5.75 Å². The molecule has 0 aliphatic carbocycles. The molecule has 0 spiro atoms. The summed E-state index contributed by atoms with van der Waals surface area (Å²) < 4.78 is 37.2. The van der Waals surface area contributed by atoms with Crippen molar-refractivity contribution in [1.82, 2.24) is 4.98 Å². The first-order chi connectivity index (χ1) is 6.55. The van der Waals surface area contributed by atoms with E-state index in [9.17, 15) is 13.2 Å². The van der Waals surface area contributed by atoms with Gasteiger partial charge in [-0.3, -0.25) is 4.98 Å². The number of thiol groups is 1. The molecule has 5 heteroatoms. The first-order valence-corrected chi connectivity index (χ1v) is 4.81. The summed E-state index contributed by atoms with van der Waals surface area (Å²) in [6.45, 7) is 0. The Bertz CT molecular complexity index is 298. The van der Waals surface area contributed by atoms with E-state index in [1.165, 1.54) is 12.3 Å².